The van der Waals surface area contributed by atoms with Gasteiger partial charge in [0.2, 0.25) is 0 Å². The summed E-state index contributed by atoms with van der Waals surface area (Å²) in [6.07, 6.45) is 5.58. The van der Waals surface area contributed by atoms with Crippen molar-refractivity contribution in [1.29, 1.82) is 10.5 Å². The predicted octanol–water partition coefficient (Wildman–Crippen LogP) is 2.87. The van der Waals surface area contributed by atoms with Crippen molar-refractivity contribution in [2.45, 2.75) is 32.1 Å². The van der Waals surface area contributed by atoms with Crippen molar-refractivity contribution >= 4 is 23.7 Å². The van der Waals surface area contributed by atoms with Gasteiger partial charge in [-0.3, -0.25) is 4.79 Å². The highest BCUT2D eigenvalue weighted by Gasteiger charge is 2.30. The van der Waals surface area contributed by atoms with Crippen LogP contribution in [0.2, 0.25) is 0 Å². The van der Waals surface area contributed by atoms with E-state index in [1.807, 2.05) is 12.1 Å². The summed E-state index contributed by atoms with van der Waals surface area (Å²) < 4.78 is 9.43. The highest BCUT2D eigenvalue weighted by atomic mass is 32.2. The third-order valence-electron chi connectivity index (χ3n) is 3.88. The number of thioether (sulfide) groups is 1. The highest BCUT2D eigenvalue weighted by Crippen LogP contribution is 2.38. The first-order chi connectivity index (χ1) is 11.5. The zero-order valence-corrected chi connectivity index (χ0v) is 14.9. The van der Waals surface area contributed by atoms with Crippen molar-refractivity contribution in [3.05, 3.63) is 21.6 Å². The summed E-state index contributed by atoms with van der Waals surface area (Å²) >= 11 is 1.25. The van der Waals surface area contributed by atoms with E-state index in [1.165, 1.54) is 26.0 Å². The van der Waals surface area contributed by atoms with Crippen LogP contribution in [0.3, 0.4) is 0 Å². The molecule has 6 nitrogen and oxygen atoms in total. The van der Waals surface area contributed by atoms with Crippen LogP contribution < -0.4 is 0 Å². The highest BCUT2D eigenvalue weighted by molar-refractivity contribution is 8.02. The molecule has 0 aliphatic heterocycles. The van der Waals surface area contributed by atoms with Gasteiger partial charge < -0.3 is 9.47 Å². The van der Waals surface area contributed by atoms with E-state index in [1.54, 1.807) is 6.26 Å². The van der Waals surface area contributed by atoms with Crippen LogP contribution in [0.15, 0.2) is 21.6 Å². The quantitative estimate of drug-likeness (QED) is 0.428. The lowest BCUT2D eigenvalue weighted by Crippen LogP contribution is -2.19. The predicted molar refractivity (Wildman–Crippen MR) is 89.4 cm³/mol. The second kappa shape index (κ2) is 9.79. The lowest BCUT2D eigenvalue weighted by Gasteiger charge is -2.18. The van der Waals surface area contributed by atoms with Gasteiger partial charge in [0.05, 0.1) is 20.3 Å². The maximum atomic E-state index is 12.0. The Balaban J connectivity index is 3.62. The monoisotopic (exact) mass is 348 g/mol. The molecule has 24 heavy (non-hydrogen) atoms. The molecule has 0 aromatic rings. The second-order valence-corrected chi connectivity index (χ2v) is 5.98. The number of carbonyl (C=O) groups is 2. The van der Waals surface area contributed by atoms with Gasteiger partial charge in [0.25, 0.3) is 0 Å². The van der Waals surface area contributed by atoms with E-state index in [2.05, 4.69) is 4.74 Å². The van der Waals surface area contributed by atoms with Crippen LogP contribution in [0.4, 0.5) is 0 Å². The van der Waals surface area contributed by atoms with Crippen molar-refractivity contribution in [2.75, 3.05) is 20.5 Å². The number of nitriles is 2. The Morgan fingerprint density at radius 3 is 2.29 bits per heavy atom. The minimum Gasteiger partial charge on any atom is -0.468 e. The number of nitrogens with zero attached hydrogens (tertiary/aromatic N) is 2. The number of allylic oxidation sites excluding steroid dienone is 1. The first-order valence-electron chi connectivity index (χ1n) is 7.52. The molecule has 1 atom stereocenters. The molecule has 0 spiro atoms. The van der Waals surface area contributed by atoms with Crippen LogP contribution in [-0.2, 0) is 19.1 Å². The molecule has 0 saturated carbocycles. The molecule has 0 fully saturated rings. The smallest absolute Gasteiger partial charge is 0.349 e. The first-order valence-corrected chi connectivity index (χ1v) is 8.74. The summed E-state index contributed by atoms with van der Waals surface area (Å²) in [5.74, 6) is -2.36. The number of hydrogen-bond acceptors (Lipinski definition) is 7. The van der Waals surface area contributed by atoms with Crippen LogP contribution >= 0.6 is 11.8 Å². The molecule has 1 unspecified atom stereocenters. The van der Waals surface area contributed by atoms with Gasteiger partial charge in [-0.05, 0) is 43.1 Å². The summed E-state index contributed by atoms with van der Waals surface area (Å²) in [6.45, 7) is 0. The number of ether oxygens (including phenoxy) is 2. The largest absolute Gasteiger partial charge is 0.468 e. The van der Waals surface area contributed by atoms with Gasteiger partial charge in [-0.15, -0.1) is 11.8 Å². The zero-order valence-electron chi connectivity index (χ0n) is 14.0. The molecule has 1 aliphatic rings. The molecule has 0 amide bonds. The van der Waals surface area contributed by atoms with Gasteiger partial charge in [-0.25, -0.2) is 4.79 Å². The Kier molecular flexibility index (Phi) is 8.08. The Morgan fingerprint density at radius 1 is 1.12 bits per heavy atom. The Morgan fingerprint density at radius 2 is 1.79 bits per heavy atom. The minimum absolute atomic E-state index is 0.0963. The number of methoxy groups -OCH3 is 2. The molecular formula is C17H20N2O4S. The molecule has 7 heteroatoms. The van der Waals surface area contributed by atoms with Crippen LogP contribution in [-0.4, -0.2) is 32.4 Å². The van der Waals surface area contributed by atoms with E-state index in [0.29, 0.717) is 23.3 Å². The van der Waals surface area contributed by atoms with Crippen LogP contribution in [0.5, 0.6) is 0 Å². The fourth-order valence-corrected chi connectivity index (χ4v) is 3.55. The lowest BCUT2D eigenvalue weighted by atomic mass is 9.90. The van der Waals surface area contributed by atoms with E-state index in [-0.39, 0.29) is 5.57 Å². The summed E-state index contributed by atoms with van der Waals surface area (Å²) in [4.78, 5) is 24.4. The average molecular weight is 348 g/mol. The third-order valence-corrected chi connectivity index (χ3v) is 4.74. The van der Waals surface area contributed by atoms with E-state index in [0.717, 1.165) is 24.8 Å². The van der Waals surface area contributed by atoms with Gasteiger partial charge in [0, 0.05) is 4.91 Å². The standard InChI is InChI=1S/C17H20N2O4S/c1-22-16(20)13(9-18)11-7-5-4-6-8-12(11)15(24-3)14(10-19)17(21)23-2/h13H,4-8H2,1-3H3/b15-14-. The van der Waals surface area contributed by atoms with E-state index < -0.39 is 17.9 Å². The molecule has 0 N–H and O–H groups in total. The lowest BCUT2D eigenvalue weighted by molar-refractivity contribution is -0.142. The van der Waals surface area contributed by atoms with Crippen molar-refractivity contribution in [1.82, 2.24) is 0 Å². The van der Waals surface area contributed by atoms with Crippen LogP contribution in [0, 0.1) is 28.6 Å². The number of hydrogen-bond donors (Lipinski definition) is 0. The van der Waals surface area contributed by atoms with Crippen molar-refractivity contribution in [3.8, 4) is 12.1 Å². The normalized spacial score (nSPS) is 16.9. The van der Waals surface area contributed by atoms with Crippen molar-refractivity contribution in [3.63, 3.8) is 0 Å². The fraction of sp³-hybridized carbons (Fsp3) is 0.529. The molecule has 0 radical (unpaired) electrons. The first kappa shape index (κ1) is 19.8. The summed E-state index contributed by atoms with van der Waals surface area (Å²) in [6, 6.07) is 3.89. The molecule has 0 bridgehead atoms. The van der Waals surface area contributed by atoms with Gasteiger partial charge >= 0.3 is 11.9 Å². The zero-order chi connectivity index (χ0) is 18.1. The molecule has 1 aliphatic carbocycles. The molecule has 128 valence electrons. The molecule has 0 aromatic heterocycles. The number of rotatable bonds is 5. The Labute approximate surface area is 146 Å². The molecule has 1 rings (SSSR count). The summed E-state index contributed by atoms with van der Waals surface area (Å²) in [5.41, 5.74) is 1.27. The maximum Gasteiger partial charge on any atom is 0.349 e. The Bertz CT molecular complexity index is 652. The fourth-order valence-electron chi connectivity index (χ4n) is 2.74. The Hall–Kier alpha value is -2.25. The number of carbonyl (C=O) groups excluding carboxylic acids is 2. The second-order valence-electron chi connectivity index (χ2n) is 5.16. The van der Waals surface area contributed by atoms with E-state index >= 15 is 0 Å². The number of esters is 2. The maximum absolute atomic E-state index is 12.0. The SMILES string of the molecule is COC(=O)/C(C#N)=C(\SC)C1=C(C(C#N)C(=O)OC)CCCCC1. The van der Waals surface area contributed by atoms with Crippen molar-refractivity contribution in [2.24, 2.45) is 5.92 Å². The topological polar surface area (TPSA) is 100 Å². The van der Waals surface area contributed by atoms with E-state index in [9.17, 15) is 20.1 Å². The molecular weight excluding hydrogens is 328 g/mol. The molecule has 0 saturated heterocycles. The van der Waals surface area contributed by atoms with E-state index in [4.69, 9.17) is 4.74 Å². The van der Waals surface area contributed by atoms with Crippen molar-refractivity contribution < 1.29 is 19.1 Å². The summed E-state index contributed by atoms with van der Waals surface area (Å²) in [7, 11) is 2.45. The minimum atomic E-state index is -1.03. The van der Waals surface area contributed by atoms with Crippen LogP contribution in [0.1, 0.15) is 32.1 Å². The average Bonchev–Trinajstić information content (AvgIpc) is 2.85. The van der Waals surface area contributed by atoms with Gasteiger partial charge in [-0.1, -0.05) is 6.42 Å². The summed E-state index contributed by atoms with van der Waals surface area (Å²) in [5, 5.41) is 18.8. The van der Waals surface area contributed by atoms with Gasteiger partial charge in [-0.2, -0.15) is 10.5 Å². The van der Waals surface area contributed by atoms with Crippen LogP contribution in [0.25, 0.3) is 0 Å². The molecule has 0 heterocycles. The molecule has 0 aromatic carbocycles. The third kappa shape index (κ3) is 4.39. The van der Waals surface area contributed by atoms with Gasteiger partial charge in [0.15, 0.2) is 11.5 Å². The van der Waals surface area contributed by atoms with Gasteiger partial charge in [0.1, 0.15) is 6.07 Å².